The van der Waals surface area contributed by atoms with Gasteiger partial charge in [-0.15, -0.1) is 5.69 Å². The van der Waals surface area contributed by atoms with Crippen LogP contribution >= 0.6 is 11.6 Å². The Balaban J connectivity index is 0.000000345. The Morgan fingerprint density at radius 2 is 1.79 bits per heavy atom. The first-order chi connectivity index (χ1) is 16.0. The quantitative estimate of drug-likeness (QED) is 0.223. The van der Waals surface area contributed by atoms with E-state index in [0.29, 0.717) is 18.3 Å². The number of halogens is 1. The van der Waals surface area contributed by atoms with Gasteiger partial charge in [0.05, 0.1) is 5.02 Å². The van der Waals surface area contributed by atoms with Crippen LogP contribution in [0.2, 0.25) is 5.02 Å². The summed E-state index contributed by atoms with van der Waals surface area (Å²) < 4.78 is 5.86. The van der Waals surface area contributed by atoms with Gasteiger partial charge in [0.25, 0.3) is 0 Å². The molecule has 1 aliphatic carbocycles. The third-order valence-electron chi connectivity index (χ3n) is 5.70. The van der Waals surface area contributed by atoms with Crippen LogP contribution < -0.4 is 61.4 Å². The summed E-state index contributed by atoms with van der Waals surface area (Å²) in [6.07, 6.45) is 7.17. The molecule has 3 aromatic carbocycles. The summed E-state index contributed by atoms with van der Waals surface area (Å²) in [6.45, 7) is 0.842. The molecule has 1 fully saturated rings. The van der Waals surface area contributed by atoms with E-state index in [9.17, 15) is 5.11 Å². The normalized spacial score (nSPS) is 14.4. The van der Waals surface area contributed by atoms with Crippen LogP contribution in [0.4, 0.5) is 5.69 Å². The topological polar surface area (TPSA) is 109 Å². The van der Waals surface area contributed by atoms with E-state index in [-0.39, 0.29) is 68.8 Å². The van der Waals surface area contributed by atoms with E-state index in [1.807, 2.05) is 36.4 Å². The van der Waals surface area contributed by atoms with Crippen molar-refractivity contribution >= 4 is 34.3 Å². The van der Waals surface area contributed by atoms with Crippen molar-refractivity contribution in [3.8, 4) is 11.5 Å². The molecule has 1 unspecified atom stereocenters. The number of aliphatic hydroxyl groups excluding tert-OH is 1. The number of nitrogens with one attached hydrogen (secondary N) is 3. The molecule has 3 aromatic rings. The van der Waals surface area contributed by atoms with E-state index in [1.54, 1.807) is 0 Å². The van der Waals surface area contributed by atoms with Crippen LogP contribution in [0.15, 0.2) is 54.6 Å². The summed E-state index contributed by atoms with van der Waals surface area (Å²) in [7, 11) is 0. The van der Waals surface area contributed by atoms with Gasteiger partial charge < -0.3 is 31.4 Å². The molecule has 0 aromatic heterocycles. The first kappa shape index (κ1) is 29.1. The molecule has 0 radical (unpaired) electrons. The molecule has 0 aliphatic heterocycles. The van der Waals surface area contributed by atoms with Crippen molar-refractivity contribution in [1.29, 1.82) is 5.41 Å². The second kappa shape index (κ2) is 15.1. The number of phenolic OH excluding ortho intramolecular Hbond substituents is 1. The molecule has 0 bridgehead atoms. The molecule has 0 heterocycles. The van der Waals surface area contributed by atoms with Crippen molar-refractivity contribution in [2.24, 2.45) is 0 Å². The SMILES string of the molecule is N=Cc1ccc(OCC(O)CNC2CCCCC2)c2ccccc12.[K+].[NH-]c1ccc(O)c(Cl)c1. The van der Waals surface area contributed by atoms with Crippen LogP contribution in [-0.4, -0.2) is 41.7 Å². The number of fused-ring (bicyclic) bond motifs is 1. The summed E-state index contributed by atoms with van der Waals surface area (Å²) >= 11 is 5.44. The Bertz CT molecular complexity index is 1060. The van der Waals surface area contributed by atoms with Crippen molar-refractivity contribution in [3.63, 3.8) is 0 Å². The summed E-state index contributed by atoms with van der Waals surface area (Å²) in [5, 5.41) is 32.2. The largest absolute Gasteiger partial charge is 1.00 e. The van der Waals surface area contributed by atoms with Gasteiger partial charge in [-0.05, 0) is 36.4 Å². The van der Waals surface area contributed by atoms with Crippen LogP contribution in [0, 0.1) is 5.41 Å². The standard InChI is InChI=1S/C20H26N2O2.C6H5ClNO.K/c21-12-15-10-11-20(19-9-5-4-8-18(15)19)24-14-17(23)13-22-16-6-2-1-3-7-16;7-5-3-4(8)1-2-6(5)9;/h4-5,8-12,16-17,21-23H,1-3,6-7,13-14H2;1-3,8-9H;/q;-1;+1. The Kier molecular flexibility index (Phi) is 12.9. The average molecular weight is 508 g/mol. The van der Waals surface area contributed by atoms with E-state index in [0.717, 1.165) is 22.1 Å². The first-order valence-corrected chi connectivity index (χ1v) is 11.6. The number of aromatic hydroxyl groups is 1. The monoisotopic (exact) mass is 507 g/mol. The first-order valence-electron chi connectivity index (χ1n) is 11.2. The molecule has 5 N–H and O–H groups in total. The van der Waals surface area contributed by atoms with Crippen LogP contribution in [0.5, 0.6) is 11.5 Å². The molecule has 6 nitrogen and oxygen atoms in total. The molecule has 1 saturated carbocycles. The van der Waals surface area contributed by atoms with Crippen LogP contribution in [0.3, 0.4) is 0 Å². The molecular weight excluding hydrogens is 477 g/mol. The Morgan fingerprint density at radius 1 is 1.09 bits per heavy atom. The maximum absolute atomic E-state index is 10.2. The third-order valence-corrected chi connectivity index (χ3v) is 6.00. The van der Waals surface area contributed by atoms with Crippen molar-refractivity contribution in [3.05, 3.63) is 70.9 Å². The smallest absolute Gasteiger partial charge is 0.699 e. The number of hydrogen-bond acceptors (Lipinski definition) is 5. The minimum absolute atomic E-state index is 0. The predicted molar refractivity (Wildman–Crippen MR) is 135 cm³/mol. The van der Waals surface area contributed by atoms with Gasteiger partial charge in [0.15, 0.2) is 0 Å². The molecule has 0 spiro atoms. The minimum Gasteiger partial charge on any atom is -0.699 e. The second-order valence-corrected chi connectivity index (χ2v) is 8.62. The van der Waals surface area contributed by atoms with Crippen LogP contribution in [0.1, 0.15) is 37.7 Å². The van der Waals surface area contributed by atoms with Crippen molar-refractivity contribution < 1.29 is 66.3 Å². The molecule has 176 valence electrons. The van der Waals surface area contributed by atoms with Gasteiger partial charge in [-0.2, -0.15) is 0 Å². The molecule has 1 atom stereocenters. The van der Waals surface area contributed by atoms with Crippen LogP contribution in [-0.2, 0) is 0 Å². The number of hydrogen-bond donors (Lipinski definition) is 4. The van der Waals surface area contributed by atoms with Gasteiger partial charge in [-0.1, -0.05) is 67.3 Å². The number of rotatable bonds is 7. The van der Waals surface area contributed by atoms with Crippen molar-refractivity contribution in [2.45, 2.75) is 44.2 Å². The summed E-state index contributed by atoms with van der Waals surface area (Å²) in [6, 6.07) is 16.5. The second-order valence-electron chi connectivity index (χ2n) is 8.22. The zero-order chi connectivity index (χ0) is 23.6. The summed E-state index contributed by atoms with van der Waals surface area (Å²) in [5.74, 6) is 0.778. The fraction of sp³-hybridized carbons (Fsp3) is 0.346. The Hall–Kier alpha value is -1.16. The number of ether oxygens (including phenoxy) is 1. The van der Waals surface area contributed by atoms with Gasteiger partial charge >= 0.3 is 51.4 Å². The van der Waals surface area contributed by atoms with Crippen molar-refractivity contribution in [1.82, 2.24) is 5.32 Å². The Morgan fingerprint density at radius 3 is 2.44 bits per heavy atom. The van der Waals surface area contributed by atoms with E-state index in [1.165, 1.54) is 56.5 Å². The molecule has 0 amide bonds. The van der Waals surface area contributed by atoms with Gasteiger partial charge in [-0.25, -0.2) is 0 Å². The summed E-state index contributed by atoms with van der Waals surface area (Å²) in [5.41, 5.74) is 8.21. The maximum Gasteiger partial charge on any atom is 1.00 e. The number of aliphatic hydroxyl groups is 1. The van der Waals surface area contributed by atoms with E-state index in [4.69, 9.17) is 32.6 Å². The Labute approximate surface area is 248 Å². The molecule has 0 saturated heterocycles. The van der Waals surface area contributed by atoms with E-state index >= 15 is 0 Å². The summed E-state index contributed by atoms with van der Waals surface area (Å²) in [4.78, 5) is 0. The van der Waals surface area contributed by atoms with Gasteiger partial charge in [0.1, 0.15) is 24.2 Å². The van der Waals surface area contributed by atoms with E-state index < -0.39 is 6.10 Å². The van der Waals surface area contributed by atoms with Crippen molar-refractivity contribution in [2.75, 3.05) is 13.2 Å². The maximum atomic E-state index is 10.2. The van der Waals surface area contributed by atoms with Gasteiger partial charge in [0, 0.05) is 29.8 Å². The average Bonchev–Trinajstić information content (AvgIpc) is 2.84. The zero-order valence-corrected chi connectivity index (χ0v) is 23.4. The minimum atomic E-state index is -0.520. The molecule has 34 heavy (non-hydrogen) atoms. The van der Waals surface area contributed by atoms with Crippen LogP contribution in [0.25, 0.3) is 16.5 Å². The molecule has 1 aliphatic rings. The molecule has 8 heteroatoms. The number of phenols is 1. The molecule has 4 rings (SSSR count). The number of benzene rings is 3. The van der Waals surface area contributed by atoms with E-state index in [2.05, 4.69) is 5.32 Å². The fourth-order valence-electron chi connectivity index (χ4n) is 3.91. The zero-order valence-electron chi connectivity index (χ0n) is 19.6. The molecular formula is C26H31ClKN3O3. The fourth-order valence-corrected chi connectivity index (χ4v) is 4.09. The van der Waals surface area contributed by atoms with Gasteiger partial charge in [-0.3, -0.25) is 0 Å². The third kappa shape index (κ3) is 8.80. The van der Waals surface area contributed by atoms with Gasteiger partial charge in [0.2, 0.25) is 0 Å². The predicted octanol–water partition coefficient (Wildman–Crippen LogP) is 3.23.